The molecule has 1 nitrogen and oxygen atoms in total. The van der Waals surface area contributed by atoms with E-state index in [1.807, 2.05) is 12.1 Å². The van der Waals surface area contributed by atoms with Gasteiger partial charge in [0, 0.05) is 17.6 Å². The first-order chi connectivity index (χ1) is 9.23. The van der Waals surface area contributed by atoms with Gasteiger partial charge in [-0.1, -0.05) is 37.1 Å². The van der Waals surface area contributed by atoms with Crippen LogP contribution < -0.4 is 5.32 Å². The lowest BCUT2D eigenvalue weighted by atomic mass is 9.97. The van der Waals surface area contributed by atoms with Gasteiger partial charge in [-0.15, -0.1) is 0 Å². The number of rotatable bonds is 7. The van der Waals surface area contributed by atoms with Gasteiger partial charge in [0.05, 0.1) is 0 Å². The van der Waals surface area contributed by atoms with Crippen molar-refractivity contribution < 1.29 is 0 Å². The molecule has 104 valence electrons. The van der Waals surface area contributed by atoms with Gasteiger partial charge in [0.1, 0.15) is 0 Å². The number of benzene rings is 1. The summed E-state index contributed by atoms with van der Waals surface area (Å²) in [5, 5.41) is 4.67. The lowest BCUT2D eigenvalue weighted by molar-refractivity contribution is 0.364. The largest absolute Gasteiger partial charge is 0.309 e. The summed E-state index contributed by atoms with van der Waals surface area (Å²) < 4.78 is 0. The predicted molar refractivity (Wildman–Crippen MR) is 81.5 cm³/mol. The third-order valence-corrected chi connectivity index (χ3v) is 5.14. The lowest BCUT2D eigenvalue weighted by Gasteiger charge is -2.23. The Kier molecular flexibility index (Phi) is 3.86. The lowest BCUT2D eigenvalue weighted by Crippen LogP contribution is -2.29. The summed E-state index contributed by atoms with van der Waals surface area (Å²) in [6.45, 7) is 3.48. The molecule has 0 aliphatic heterocycles. The Morgan fingerprint density at radius 3 is 2.47 bits per heavy atom. The van der Waals surface area contributed by atoms with E-state index in [4.69, 9.17) is 11.6 Å². The van der Waals surface area contributed by atoms with Crippen LogP contribution in [0.5, 0.6) is 0 Å². The zero-order valence-corrected chi connectivity index (χ0v) is 12.5. The van der Waals surface area contributed by atoms with E-state index >= 15 is 0 Å². The molecule has 2 saturated carbocycles. The molecule has 2 heteroatoms. The van der Waals surface area contributed by atoms with Crippen LogP contribution >= 0.6 is 11.6 Å². The molecule has 3 rings (SSSR count). The van der Waals surface area contributed by atoms with E-state index in [2.05, 4.69) is 24.4 Å². The van der Waals surface area contributed by atoms with Crippen LogP contribution in [-0.4, -0.2) is 6.54 Å². The van der Waals surface area contributed by atoms with Crippen LogP contribution in [0, 0.1) is 11.3 Å². The van der Waals surface area contributed by atoms with Gasteiger partial charge in [0.15, 0.2) is 0 Å². The smallest absolute Gasteiger partial charge is 0.0406 e. The molecular weight excluding hydrogens is 254 g/mol. The molecule has 0 amide bonds. The van der Waals surface area contributed by atoms with E-state index < -0.39 is 0 Å². The van der Waals surface area contributed by atoms with Gasteiger partial charge in [-0.25, -0.2) is 0 Å². The summed E-state index contributed by atoms with van der Waals surface area (Å²) in [6, 6.07) is 8.86. The minimum atomic E-state index is 0.499. The van der Waals surface area contributed by atoms with E-state index in [0.717, 1.165) is 10.9 Å². The third-order valence-electron chi connectivity index (χ3n) is 4.89. The second-order valence-electron chi connectivity index (χ2n) is 6.41. The molecule has 0 heterocycles. The van der Waals surface area contributed by atoms with Crippen LogP contribution in [0.2, 0.25) is 5.02 Å². The maximum Gasteiger partial charge on any atom is 0.0406 e. The highest BCUT2D eigenvalue weighted by atomic mass is 35.5. The van der Waals surface area contributed by atoms with Crippen molar-refractivity contribution in [3.8, 4) is 0 Å². The maximum atomic E-state index is 5.98. The minimum absolute atomic E-state index is 0.499. The molecular formula is C17H24ClN. The molecule has 0 radical (unpaired) electrons. The van der Waals surface area contributed by atoms with Crippen molar-refractivity contribution in [2.45, 2.75) is 51.5 Å². The Labute approximate surface area is 121 Å². The summed E-state index contributed by atoms with van der Waals surface area (Å²) in [5.41, 5.74) is 2.07. The van der Waals surface area contributed by atoms with E-state index in [1.165, 1.54) is 50.6 Å². The average molecular weight is 278 g/mol. The Bertz CT molecular complexity index is 417. The monoisotopic (exact) mass is 277 g/mol. The molecule has 1 atom stereocenters. The van der Waals surface area contributed by atoms with Crippen molar-refractivity contribution in [1.29, 1.82) is 0 Å². The Morgan fingerprint density at radius 2 is 1.95 bits per heavy atom. The van der Waals surface area contributed by atoms with E-state index in [-0.39, 0.29) is 0 Å². The van der Waals surface area contributed by atoms with Gasteiger partial charge in [0.2, 0.25) is 0 Å². The zero-order chi connectivity index (χ0) is 13.3. The van der Waals surface area contributed by atoms with Crippen molar-refractivity contribution in [2.24, 2.45) is 11.3 Å². The standard InChI is InChI=1S/C17H24ClN/c1-2-3-16(13-4-8-15(18)9-5-13)19-12-17(10-11-17)14-6-7-14/h4-5,8-9,14,16,19H,2-3,6-7,10-12H2,1H3. The summed E-state index contributed by atoms with van der Waals surface area (Å²) >= 11 is 5.98. The number of hydrogen-bond acceptors (Lipinski definition) is 1. The highest BCUT2D eigenvalue weighted by molar-refractivity contribution is 6.30. The summed E-state index contributed by atoms with van der Waals surface area (Å²) in [4.78, 5) is 0. The summed E-state index contributed by atoms with van der Waals surface area (Å²) in [7, 11) is 0. The molecule has 2 aliphatic rings. The van der Waals surface area contributed by atoms with E-state index in [9.17, 15) is 0 Å². The molecule has 0 saturated heterocycles. The molecule has 1 unspecified atom stereocenters. The first-order valence-electron chi connectivity index (χ1n) is 7.72. The maximum absolute atomic E-state index is 5.98. The van der Waals surface area contributed by atoms with E-state index in [1.54, 1.807) is 0 Å². The van der Waals surface area contributed by atoms with Crippen molar-refractivity contribution >= 4 is 11.6 Å². The Morgan fingerprint density at radius 1 is 1.26 bits per heavy atom. The van der Waals surface area contributed by atoms with Gasteiger partial charge in [0.25, 0.3) is 0 Å². The quantitative estimate of drug-likeness (QED) is 0.743. The van der Waals surface area contributed by atoms with Gasteiger partial charge >= 0.3 is 0 Å². The van der Waals surface area contributed by atoms with Gasteiger partial charge in [-0.3, -0.25) is 0 Å². The second kappa shape index (κ2) is 5.46. The molecule has 2 aliphatic carbocycles. The van der Waals surface area contributed by atoms with E-state index in [0.29, 0.717) is 11.5 Å². The fraction of sp³-hybridized carbons (Fsp3) is 0.647. The van der Waals surface area contributed by atoms with Crippen LogP contribution in [0.25, 0.3) is 0 Å². The van der Waals surface area contributed by atoms with Crippen molar-refractivity contribution in [3.63, 3.8) is 0 Å². The Balaban J connectivity index is 1.62. The number of hydrogen-bond donors (Lipinski definition) is 1. The highest BCUT2D eigenvalue weighted by Crippen LogP contribution is 2.61. The average Bonchev–Trinajstić information content (AvgIpc) is 3.28. The third kappa shape index (κ3) is 3.14. The summed E-state index contributed by atoms with van der Waals surface area (Å²) in [6.07, 6.45) is 8.27. The van der Waals surface area contributed by atoms with Crippen molar-refractivity contribution in [2.75, 3.05) is 6.54 Å². The van der Waals surface area contributed by atoms with Crippen molar-refractivity contribution in [1.82, 2.24) is 5.32 Å². The topological polar surface area (TPSA) is 12.0 Å². The predicted octanol–water partition coefficient (Wildman–Crippen LogP) is 4.96. The number of nitrogens with one attached hydrogen (secondary N) is 1. The fourth-order valence-electron chi connectivity index (χ4n) is 3.28. The first kappa shape index (κ1) is 13.5. The minimum Gasteiger partial charge on any atom is -0.309 e. The Hall–Kier alpha value is -0.530. The van der Waals surface area contributed by atoms with Crippen LogP contribution in [-0.2, 0) is 0 Å². The first-order valence-corrected chi connectivity index (χ1v) is 8.10. The molecule has 1 aromatic rings. The van der Waals surface area contributed by atoms with Gasteiger partial charge < -0.3 is 5.32 Å². The molecule has 1 N–H and O–H groups in total. The molecule has 0 aromatic heterocycles. The van der Waals surface area contributed by atoms with Crippen LogP contribution in [0.1, 0.15) is 57.1 Å². The molecule has 0 bridgehead atoms. The molecule has 2 fully saturated rings. The zero-order valence-electron chi connectivity index (χ0n) is 11.8. The van der Waals surface area contributed by atoms with Crippen molar-refractivity contribution in [3.05, 3.63) is 34.9 Å². The summed E-state index contributed by atoms with van der Waals surface area (Å²) in [5.74, 6) is 1.03. The van der Waals surface area contributed by atoms with Crippen LogP contribution in [0.4, 0.5) is 0 Å². The van der Waals surface area contributed by atoms with Gasteiger partial charge in [-0.05, 0) is 61.1 Å². The highest BCUT2D eigenvalue weighted by Gasteiger charge is 2.53. The van der Waals surface area contributed by atoms with Crippen LogP contribution in [0.15, 0.2) is 24.3 Å². The normalized spacial score (nSPS) is 22.2. The van der Waals surface area contributed by atoms with Gasteiger partial charge in [-0.2, -0.15) is 0 Å². The second-order valence-corrected chi connectivity index (χ2v) is 6.85. The fourth-order valence-corrected chi connectivity index (χ4v) is 3.41. The molecule has 19 heavy (non-hydrogen) atoms. The van der Waals surface area contributed by atoms with Crippen LogP contribution in [0.3, 0.4) is 0 Å². The molecule has 0 spiro atoms. The SMILES string of the molecule is CCCC(NCC1(C2CC2)CC1)c1ccc(Cl)cc1. The number of halogens is 1. The molecule has 1 aromatic carbocycles.